The summed E-state index contributed by atoms with van der Waals surface area (Å²) in [5.41, 5.74) is 2.11. The van der Waals surface area contributed by atoms with E-state index >= 15 is 0 Å². The maximum atomic E-state index is 13.4. The second kappa shape index (κ2) is 10.6. The number of rotatable bonds is 5. The Hall–Kier alpha value is -3.34. The number of hydrogen-bond acceptors (Lipinski definition) is 8. The molecule has 2 aliphatic heterocycles. The van der Waals surface area contributed by atoms with Crippen molar-refractivity contribution in [1.82, 2.24) is 10.3 Å². The average Bonchev–Trinajstić information content (AvgIpc) is 2.87. The highest BCUT2D eigenvalue weighted by atomic mass is 79.9. The van der Waals surface area contributed by atoms with E-state index in [-0.39, 0.29) is 11.7 Å². The van der Waals surface area contributed by atoms with Crippen LogP contribution in [0.15, 0.2) is 75.2 Å². The summed E-state index contributed by atoms with van der Waals surface area (Å²) in [7, 11) is 1.49. The fourth-order valence-electron chi connectivity index (χ4n) is 3.97. The van der Waals surface area contributed by atoms with Crippen LogP contribution in [-0.4, -0.2) is 29.2 Å². The first kappa shape index (κ1) is 25.3. The topological polar surface area (TPSA) is 92.6 Å². The van der Waals surface area contributed by atoms with Gasteiger partial charge in [-0.3, -0.25) is 19.9 Å². The summed E-state index contributed by atoms with van der Waals surface area (Å²) >= 11 is 11.0. The van der Waals surface area contributed by atoms with E-state index in [9.17, 15) is 9.59 Å². The zero-order valence-electron chi connectivity index (χ0n) is 19.7. The number of esters is 1. The largest absolute Gasteiger partial charge is 0.493 e. The van der Waals surface area contributed by atoms with Gasteiger partial charge in [-0.1, -0.05) is 69.6 Å². The molecule has 0 unspecified atom stereocenters. The van der Waals surface area contributed by atoms with Gasteiger partial charge in [0.15, 0.2) is 22.8 Å². The number of hydrazone groups is 1. The Bertz CT molecular complexity index is 1560. The van der Waals surface area contributed by atoms with Crippen molar-refractivity contribution in [2.45, 2.75) is 18.8 Å². The van der Waals surface area contributed by atoms with Gasteiger partial charge >= 0.3 is 5.97 Å². The van der Waals surface area contributed by atoms with Gasteiger partial charge in [-0.2, -0.15) is 0 Å². The number of carbonyl (C=O) groups excluding carboxylic acids is 2. The molecular weight excluding hydrogens is 580 g/mol. The fraction of sp³-hybridized carbons (Fsp3) is 0.154. The number of nitrogens with one attached hydrogen (secondary N) is 1. The number of carbonyl (C=O) groups is 2. The van der Waals surface area contributed by atoms with Crippen molar-refractivity contribution in [1.29, 1.82) is 0 Å². The van der Waals surface area contributed by atoms with Gasteiger partial charge in [0.05, 0.1) is 12.5 Å². The fourth-order valence-corrected chi connectivity index (χ4v) is 5.43. The Kier molecular flexibility index (Phi) is 7.23. The molecule has 1 amide bonds. The summed E-state index contributed by atoms with van der Waals surface area (Å²) in [6.07, 6.45) is -0.684. The Morgan fingerprint density at radius 2 is 1.92 bits per heavy atom. The van der Waals surface area contributed by atoms with Gasteiger partial charge in [0.2, 0.25) is 0 Å². The Balaban J connectivity index is 1.58. The minimum Gasteiger partial charge on any atom is -0.493 e. The number of benzene rings is 3. The molecule has 3 aromatic rings. The number of halogens is 2. The van der Waals surface area contributed by atoms with E-state index in [0.29, 0.717) is 48.0 Å². The van der Waals surface area contributed by atoms with E-state index < -0.39 is 12.1 Å². The van der Waals surface area contributed by atoms with Crippen LogP contribution in [0.1, 0.15) is 24.2 Å². The zero-order chi connectivity index (χ0) is 26.1. The van der Waals surface area contributed by atoms with Crippen LogP contribution in [0.5, 0.6) is 11.5 Å². The molecule has 5 rings (SSSR count). The molecule has 188 valence electrons. The highest BCUT2D eigenvalue weighted by Crippen LogP contribution is 2.40. The lowest BCUT2D eigenvalue weighted by Gasteiger charge is -2.34. The van der Waals surface area contributed by atoms with Crippen LogP contribution in [0, 0.1) is 0 Å². The Morgan fingerprint density at radius 3 is 2.65 bits per heavy atom. The molecule has 2 heterocycles. The molecule has 37 heavy (non-hydrogen) atoms. The van der Waals surface area contributed by atoms with Crippen LogP contribution in [0.2, 0.25) is 5.02 Å². The van der Waals surface area contributed by atoms with Gasteiger partial charge in [-0.15, -0.1) is 5.10 Å². The van der Waals surface area contributed by atoms with Gasteiger partial charge in [0.1, 0.15) is 5.70 Å². The third kappa shape index (κ3) is 5.22. The minimum atomic E-state index is -0.684. The van der Waals surface area contributed by atoms with Gasteiger partial charge in [-0.25, -0.2) is 5.01 Å². The monoisotopic (exact) mass is 598 g/mol. The van der Waals surface area contributed by atoms with E-state index in [0.717, 1.165) is 5.56 Å². The van der Waals surface area contributed by atoms with E-state index in [1.807, 2.05) is 48.5 Å². The van der Waals surface area contributed by atoms with E-state index in [2.05, 4.69) is 21.2 Å². The Labute approximate surface area is 230 Å². The van der Waals surface area contributed by atoms with Crippen LogP contribution in [0.25, 0.3) is 5.70 Å². The molecule has 8 nitrogen and oxygen atoms in total. The lowest BCUT2D eigenvalue weighted by Crippen LogP contribution is -2.50. The maximum Gasteiger partial charge on any atom is 0.308 e. The van der Waals surface area contributed by atoms with Crippen molar-refractivity contribution in [3.63, 3.8) is 0 Å². The molecule has 0 aliphatic carbocycles. The smallest absolute Gasteiger partial charge is 0.308 e. The van der Waals surface area contributed by atoms with Crippen molar-refractivity contribution >= 4 is 62.0 Å². The molecule has 0 bridgehead atoms. The highest BCUT2D eigenvalue weighted by molar-refractivity contribution is 9.10. The summed E-state index contributed by atoms with van der Waals surface area (Å²) in [5.74, 6) is 0.467. The number of para-hydroxylation sites is 1. The van der Waals surface area contributed by atoms with Gasteiger partial charge in [0, 0.05) is 33.0 Å². The highest BCUT2D eigenvalue weighted by Gasteiger charge is 2.35. The molecule has 0 radical (unpaired) electrons. The number of amidine groups is 1. The predicted molar refractivity (Wildman–Crippen MR) is 146 cm³/mol. The molecule has 2 aliphatic rings. The summed E-state index contributed by atoms with van der Waals surface area (Å²) in [5, 5.41) is 11.8. The molecule has 1 N–H and O–H groups in total. The number of methoxy groups -OCH3 is 1. The van der Waals surface area contributed by atoms with Crippen LogP contribution in [-0.2, 0) is 15.3 Å². The second-order valence-corrected chi connectivity index (χ2v) is 10.4. The molecule has 3 aromatic carbocycles. The molecule has 0 saturated carbocycles. The lowest BCUT2D eigenvalue weighted by atomic mass is 10.1. The summed E-state index contributed by atoms with van der Waals surface area (Å²) in [4.78, 5) is 29.9. The first-order valence-corrected chi connectivity index (χ1v) is 13.3. The molecule has 0 aromatic heterocycles. The van der Waals surface area contributed by atoms with Crippen LogP contribution in [0.3, 0.4) is 0 Å². The minimum absolute atomic E-state index is 0.269. The molecule has 0 spiro atoms. The molecule has 0 fully saturated rings. The number of amides is 1. The number of nitrogens with zero attached hydrogens (tertiary/aromatic N) is 3. The maximum absolute atomic E-state index is 13.4. The molecule has 1 atom stereocenters. The van der Waals surface area contributed by atoms with Crippen molar-refractivity contribution < 1.29 is 19.1 Å². The standard InChI is InChI=1S/C26H20BrClN4O4S/c1-14(33)36-22-12-19(27)18(11-21(22)35-2)24-29-20-6-4-3-5-17(20)23-25(34)30-26(31-32(23)24)37-13-15-7-9-16(28)10-8-15/h3-12,24H,13H2,1-2H3,(H,30,31,34)/t24-/m0/s1. The number of fused-ring (bicyclic) bond motifs is 2. The first-order valence-electron chi connectivity index (χ1n) is 11.1. The van der Waals surface area contributed by atoms with Gasteiger partial charge < -0.3 is 9.47 Å². The van der Waals surface area contributed by atoms with E-state index in [4.69, 9.17) is 31.2 Å². The number of hydrogen-bond donors (Lipinski definition) is 1. The van der Waals surface area contributed by atoms with Crippen molar-refractivity contribution in [3.8, 4) is 11.5 Å². The third-order valence-electron chi connectivity index (χ3n) is 5.62. The normalized spacial score (nSPS) is 16.2. The molecule has 0 saturated heterocycles. The summed E-state index contributed by atoms with van der Waals surface area (Å²) < 4.78 is 11.4. The number of thioether (sulfide) groups is 1. The quantitative estimate of drug-likeness (QED) is 0.351. The van der Waals surface area contributed by atoms with Crippen molar-refractivity contribution in [2.24, 2.45) is 10.1 Å². The molecule has 11 heteroatoms. The van der Waals surface area contributed by atoms with Crippen LogP contribution >= 0.6 is 39.3 Å². The van der Waals surface area contributed by atoms with Crippen LogP contribution in [0.4, 0.5) is 0 Å². The van der Waals surface area contributed by atoms with Gasteiger partial charge in [-0.05, 0) is 35.9 Å². The lowest BCUT2D eigenvalue weighted by molar-refractivity contribution is -0.132. The van der Waals surface area contributed by atoms with Gasteiger partial charge in [0.25, 0.3) is 5.91 Å². The molecular formula is C26H20BrClN4O4S. The van der Waals surface area contributed by atoms with E-state index in [1.54, 1.807) is 17.1 Å². The first-order chi connectivity index (χ1) is 17.8. The van der Waals surface area contributed by atoms with Crippen LogP contribution < -0.4 is 25.4 Å². The van der Waals surface area contributed by atoms with E-state index in [1.165, 1.54) is 25.8 Å². The number of ether oxygens (including phenoxy) is 2. The Morgan fingerprint density at radius 1 is 1.16 bits per heavy atom. The van der Waals surface area contributed by atoms with Crippen molar-refractivity contribution in [3.05, 3.63) is 91.9 Å². The predicted octanol–water partition coefficient (Wildman–Crippen LogP) is 4.11. The average molecular weight is 600 g/mol. The second-order valence-electron chi connectivity index (χ2n) is 8.11. The zero-order valence-corrected chi connectivity index (χ0v) is 22.9. The summed E-state index contributed by atoms with van der Waals surface area (Å²) in [6.45, 7) is 1.32. The SMILES string of the molecule is COc1cc([C@H]2N=c3ccccc3=C3C(=O)NC(SCc4ccc(Cl)cc4)=NN32)c(Br)cc1OC(C)=O. The summed E-state index contributed by atoms with van der Waals surface area (Å²) in [6, 6.07) is 18.3. The third-order valence-corrected chi connectivity index (χ3v) is 7.49. The van der Waals surface area contributed by atoms with Crippen molar-refractivity contribution in [2.75, 3.05) is 7.11 Å².